The van der Waals surface area contributed by atoms with Crippen LogP contribution >= 0.6 is 0 Å². The molecule has 10 heteroatoms. The minimum atomic E-state index is -0.896. The van der Waals surface area contributed by atoms with Gasteiger partial charge in [0.15, 0.2) is 12.1 Å². The summed E-state index contributed by atoms with van der Waals surface area (Å²) in [5.41, 5.74) is 2.34. The number of carbonyl (C=O) groups excluding carboxylic acids is 2. The molecular formula is C22H20N6O4. The molecule has 3 aromatic rings. The number of benzene rings is 2. The Morgan fingerprint density at radius 3 is 2.59 bits per heavy atom. The zero-order chi connectivity index (χ0) is 22.2. The van der Waals surface area contributed by atoms with Gasteiger partial charge in [-0.25, -0.2) is 4.90 Å². The maximum atomic E-state index is 13.1. The number of carbonyl (C=O) groups is 2. The number of amides is 2. The monoisotopic (exact) mass is 432 g/mol. The van der Waals surface area contributed by atoms with Gasteiger partial charge in [0.05, 0.1) is 12.3 Å². The Bertz CT molecular complexity index is 1210. The summed E-state index contributed by atoms with van der Waals surface area (Å²) in [4.78, 5) is 31.6. The molecule has 1 fully saturated rings. The fraction of sp³-hybridized carbons (Fsp3) is 0.273. The SMILES string of the molecule is CCOc1ccc(N2C(=O)[C@H]3N=NN(Cc4nc(-c5ccccc5C)no4)[C@H]3C2=O)cc1. The Hall–Kier alpha value is -4.08. The number of anilines is 1. The van der Waals surface area contributed by atoms with Gasteiger partial charge in [-0.3, -0.25) is 14.6 Å². The van der Waals surface area contributed by atoms with Crippen molar-refractivity contribution in [3.05, 3.63) is 60.0 Å². The number of rotatable bonds is 6. The lowest BCUT2D eigenvalue weighted by Crippen LogP contribution is -2.39. The van der Waals surface area contributed by atoms with Crippen molar-refractivity contribution in [3.8, 4) is 17.1 Å². The van der Waals surface area contributed by atoms with E-state index < -0.39 is 23.9 Å². The number of nitrogens with zero attached hydrogens (tertiary/aromatic N) is 6. The molecule has 0 N–H and O–H groups in total. The van der Waals surface area contributed by atoms with Gasteiger partial charge in [0.1, 0.15) is 12.3 Å². The van der Waals surface area contributed by atoms with Gasteiger partial charge in [-0.05, 0) is 43.7 Å². The highest BCUT2D eigenvalue weighted by Crippen LogP contribution is 2.33. The smallest absolute Gasteiger partial charge is 0.263 e. The number of fused-ring (bicyclic) bond motifs is 1. The summed E-state index contributed by atoms with van der Waals surface area (Å²) in [6.07, 6.45) is 0. The second-order valence-corrected chi connectivity index (χ2v) is 7.46. The van der Waals surface area contributed by atoms with E-state index in [1.54, 1.807) is 24.3 Å². The predicted octanol–water partition coefficient (Wildman–Crippen LogP) is 2.94. The number of imide groups is 1. The summed E-state index contributed by atoms with van der Waals surface area (Å²) >= 11 is 0. The van der Waals surface area contributed by atoms with Gasteiger partial charge in [-0.1, -0.05) is 34.6 Å². The molecule has 0 radical (unpaired) electrons. The molecule has 2 atom stereocenters. The normalized spacial score (nSPS) is 19.7. The molecule has 5 rings (SSSR count). The van der Waals surface area contributed by atoms with E-state index in [1.165, 1.54) is 5.01 Å². The van der Waals surface area contributed by atoms with E-state index in [1.807, 2.05) is 38.1 Å². The van der Waals surface area contributed by atoms with E-state index in [2.05, 4.69) is 20.5 Å². The molecule has 1 aromatic heterocycles. The highest BCUT2D eigenvalue weighted by atomic mass is 16.5. The topological polar surface area (TPSA) is 113 Å². The Balaban J connectivity index is 1.34. The van der Waals surface area contributed by atoms with Gasteiger partial charge in [-0.2, -0.15) is 10.1 Å². The van der Waals surface area contributed by atoms with Gasteiger partial charge < -0.3 is 9.26 Å². The molecular weight excluding hydrogens is 412 g/mol. The first-order valence-electron chi connectivity index (χ1n) is 10.2. The van der Waals surface area contributed by atoms with Gasteiger partial charge in [0.25, 0.3) is 11.8 Å². The Labute approximate surface area is 183 Å². The fourth-order valence-electron chi connectivity index (χ4n) is 3.86. The van der Waals surface area contributed by atoms with E-state index in [0.717, 1.165) is 16.0 Å². The average molecular weight is 432 g/mol. The van der Waals surface area contributed by atoms with E-state index in [-0.39, 0.29) is 12.4 Å². The van der Waals surface area contributed by atoms with Crippen molar-refractivity contribution in [1.29, 1.82) is 0 Å². The second kappa shape index (κ2) is 7.88. The molecule has 2 amide bonds. The molecule has 0 spiro atoms. The minimum absolute atomic E-state index is 0.0691. The Morgan fingerprint density at radius 2 is 1.84 bits per heavy atom. The lowest BCUT2D eigenvalue weighted by Gasteiger charge is -2.19. The van der Waals surface area contributed by atoms with Crippen LogP contribution in [-0.2, 0) is 16.1 Å². The van der Waals surface area contributed by atoms with Gasteiger partial charge in [-0.15, -0.1) is 0 Å². The fourth-order valence-corrected chi connectivity index (χ4v) is 3.86. The van der Waals surface area contributed by atoms with Gasteiger partial charge in [0, 0.05) is 5.56 Å². The van der Waals surface area contributed by atoms with Crippen LogP contribution in [0.15, 0.2) is 63.4 Å². The van der Waals surface area contributed by atoms with Crippen LogP contribution in [0.3, 0.4) is 0 Å². The molecule has 2 aliphatic rings. The maximum Gasteiger partial charge on any atom is 0.263 e. The third-order valence-corrected chi connectivity index (χ3v) is 5.42. The maximum absolute atomic E-state index is 13.1. The molecule has 0 unspecified atom stereocenters. The molecule has 32 heavy (non-hydrogen) atoms. The number of aryl methyl sites for hydroxylation is 1. The van der Waals surface area contributed by atoms with Crippen molar-refractivity contribution in [2.45, 2.75) is 32.5 Å². The van der Waals surface area contributed by atoms with E-state index >= 15 is 0 Å². The summed E-state index contributed by atoms with van der Waals surface area (Å²) in [7, 11) is 0. The van der Waals surface area contributed by atoms with Crippen LogP contribution in [0.5, 0.6) is 5.75 Å². The molecule has 10 nitrogen and oxygen atoms in total. The quantitative estimate of drug-likeness (QED) is 0.550. The molecule has 2 aromatic carbocycles. The van der Waals surface area contributed by atoms with E-state index in [4.69, 9.17) is 9.26 Å². The third-order valence-electron chi connectivity index (χ3n) is 5.42. The zero-order valence-corrected chi connectivity index (χ0v) is 17.5. The van der Waals surface area contributed by atoms with Crippen molar-refractivity contribution in [3.63, 3.8) is 0 Å². The zero-order valence-electron chi connectivity index (χ0n) is 17.5. The highest BCUT2D eigenvalue weighted by Gasteiger charge is 2.55. The van der Waals surface area contributed by atoms with E-state index in [9.17, 15) is 9.59 Å². The van der Waals surface area contributed by atoms with Gasteiger partial charge in [0.2, 0.25) is 11.7 Å². The number of ether oxygens (including phenoxy) is 1. The summed E-state index contributed by atoms with van der Waals surface area (Å²) in [5.74, 6) is 0.588. The number of hydrogen-bond acceptors (Lipinski definition) is 9. The van der Waals surface area contributed by atoms with Crippen LogP contribution in [0.1, 0.15) is 18.4 Å². The molecule has 0 aliphatic carbocycles. The Kier molecular flexibility index (Phi) is 4.89. The lowest BCUT2D eigenvalue weighted by atomic mass is 10.1. The van der Waals surface area contributed by atoms with Crippen molar-refractivity contribution in [2.75, 3.05) is 11.5 Å². The predicted molar refractivity (Wildman–Crippen MR) is 113 cm³/mol. The van der Waals surface area contributed by atoms with Crippen molar-refractivity contribution in [1.82, 2.24) is 15.1 Å². The number of hydrogen-bond donors (Lipinski definition) is 0. The molecule has 0 saturated carbocycles. The van der Waals surface area contributed by atoms with Crippen LogP contribution in [-0.4, -0.2) is 45.7 Å². The summed E-state index contributed by atoms with van der Waals surface area (Å²) in [6.45, 7) is 4.44. The van der Waals surface area contributed by atoms with Crippen molar-refractivity contribution < 1.29 is 18.8 Å². The lowest BCUT2D eigenvalue weighted by molar-refractivity contribution is -0.123. The van der Waals surface area contributed by atoms with Crippen LogP contribution < -0.4 is 9.64 Å². The average Bonchev–Trinajstić information content (AvgIpc) is 3.48. The first-order valence-corrected chi connectivity index (χ1v) is 10.2. The first-order chi connectivity index (χ1) is 15.6. The highest BCUT2D eigenvalue weighted by molar-refractivity contribution is 6.25. The molecule has 3 heterocycles. The third kappa shape index (κ3) is 3.29. The van der Waals surface area contributed by atoms with Crippen LogP contribution in [0.2, 0.25) is 0 Å². The standard InChI is InChI=1S/C22H20N6O4/c1-3-31-15-10-8-14(9-11-15)28-21(29)18-19(22(28)30)27(26-24-18)12-17-23-20(25-32-17)16-7-5-4-6-13(16)2/h4-11,18-19H,3,12H2,1-2H3/t18-,19+/m0/s1. The summed E-state index contributed by atoms with van der Waals surface area (Å²) in [6, 6.07) is 12.8. The van der Waals surface area contributed by atoms with Gasteiger partial charge >= 0.3 is 0 Å². The van der Waals surface area contributed by atoms with Crippen LogP contribution in [0.25, 0.3) is 11.4 Å². The Morgan fingerprint density at radius 1 is 1.06 bits per heavy atom. The molecule has 162 valence electrons. The van der Waals surface area contributed by atoms with Crippen molar-refractivity contribution >= 4 is 17.5 Å². The largest absolute Gasteiger partial charge is 0.494 e. The minimum Gasteiger partial charge on any atom is -0.494 e. The molecule has 1 saturated heterocycles. The molecule has 0 bridgehead atoms. The number of aromatic nitrogens is 2. The molecule has 2 aliphatic heterocycles. The first kappa shape index (κ1) is 19.9. The van der Waals surface area contributed by atoms with E-state index in [0.29, 0.717) is 23.9 Å². The van der Waals surface area contributed by atoms with Crippen LogP contribution in [0, 0.1) is 6.92 Å². The van der Waals surface area contributed by atoms with Crippen LogP contribution in [0.4, 0.5) is 5.69 Å². The summed E-state index contributed by atoms with van der Waals surface area (Å²) < 4.78 is 10.8. The summed E-state index contributed by atoms with van der Waals surface area (Å²) in [5, 5.41) is 13.5. The van der Waals surface area contributed by atoms with Crippen molar-refractivity contribution in [2.24, 2.45) is 10.3 Å². The second-order valence-electron chi connectivity index (χ2n) is 7.46.